The van der Waals surface area contributed by atoms with Gasteiger partial charge in [0.25, 0.3) is 0 Å². The van der Waals surface area contributed by atoms with E-state index in [1.54, 1.807) is 20.8 Å². The Kier molecular flexibility index (Phi) is 6.65. The summed E-state index contributed by atoms with van der Waals surface area (Å²) in [7, 11) is 0. The van der Waals surface area contributed by atoms with E-state index in [1.807, 2.05) is 13.8 Å². The fraction of sp³-hybridized carbons (Fsp3) is 0.889. The fourth-order valence-electron chi connectivity index (χ4n) is 2.88. The molecule has 0 amide bonds. The molecule has 150 valence electrons. The number of rotatable bonds is 6. The molecule has 2 saturated heterocycles. The van der Waals surface area contributed by atoms with Gasteiger partial charge in [0, 0.05) is 12.8 Å². The van der Waals surface area contributed by atoms with Crippen LogP contribution in [0, 0.1) is 0 Å². The standard InChI is InChI=1S/C18H30O8/c1-6-14(19)25-16(8-3)10-21-18(22-11-16)23-12-17(9-4,13(5)24-18)26-15(20)7-2/h13H,6-12H2,1-5H3. The molecule has 2 aliphatic heterocycles. The molecule has 0 aliphatic carbocycles. The Hall–Kier alpha value is -1.22. The third kappa shape index (κ3) is 4.19. The number of carbonyl (C=O) groups excluding carboxylic acids is 2. The normalized spacial score (nSPS) is 37.3. The van der Waals surface area contributed by atoms with Crippen LogP contribution in [-0.4, -0.2) is 55.2 Å². The van der Waals surface area contributed by atoms with E-state index in [0.29, 0.717) is 12.8 Å². The first-order chi connectivity index (χ1) is 12.3. The van der Waals surface area contributed by atoms with Gasteiger partial charge < -0.3 is 9.47 Å². The van der Waals surface area contributed by atoms with Gasteiger partial charge >= 0.3 is 18.1 Å². The minimum atomic E-state index is -1.67. The van der Waals surface area contributed by atoms with Gasteiger partial charge in [-0.25, -0.2) is 0 Å². The molecule has 0 bridgehead atoms. The SMILES string of the molecule is CCC(=O)OC1(CC)COC2(OC1)OCC(CC)(OC(=O)CC)C(C)O2. The van der Waals surface area contributed by atoms with Crippen molar-refractivity contribution in [2.24, 2.45) is 0 Å². The first kappa shape index (κ1) is 21.1. The quantitative estimate of drug-likeness (QED) is 0.654. The topological polar surface area (TPSA) is 89.5 Å². The first-order valence-corrected chi connectivity index (χ1v) is 9.31. The van der Waals surface area contributed by atoms with Crippen LogP contribution in [0.2, 0.25) is 0 Å². The average Bonchev–Trinajstić information content (AvgIpc) is 2.66. The van der Waals surface area contributed by atoms with E-state index < -0.39 is 23.5 Å². The summed E-state index contributed by atoms with van der Waals surface area (Å²) in [4.78, 5) is 23.4. The smallest absolute Gasteiger partial charge is 0.413 e. The maximum atomic E-state index is 11.8. The summed E-state index contributed by atoms with van der Waals surface area (Å²) >= 11 is 0. The van der Waals surface area contributed by atoms with Gasteiger partial charge in [-0.3, -0.25) is 28.5 Å². The predicted octanol–water partition coefficient (Wildman–Crippen LogP) is 2.28. The monoisotopic (exact) mass is 374 g/mol. The molecule has 0 aromatic carbocycles. The molecule has 26 heavy (non-hydrogen) atoms. The molecule has 0 aromatic rings. The molecule has 0 N–H and O–H groups in total. The lowest BCUT2D eigenvalue weighted by atomic mass is 9.94. The zero-order chi connectivity index (χ0) is 19.4. The van der Waals surface area contributed by atoms with E-state index in [2.05, 4.69) is 0 Å². The number of carbonyl (C=O) groups is 2. The summed E-state index contributed by atoms with van der Waals surface area (Å²) in [6.07, 6.45) is -0.550. The van der Waals surface area contributed by atoms with Crippen molar-refractivity contribution in [2.75, 3.05) is 19.8 Å². The van der Waals surface area contributed by atoms with E-state index in [4.69, 9.17) is 28.4 Å². The van der Waals surface area contributed by atoms with Crippen LogP contribution in [-0.2, 0) is 38.0 Å². The van der Waals surface area contributed by atoms with Gasteiger partial charge in [0.05, 0.1) is 19.8 Å². The van der Waals surface area contributed by atoms with Crippen LogP contribution in [0.25, 0.3) is 0 Å². The van der Waals surface area contributed by atoms with Crippen LogP contribution in [0.1, 0.15) is 60.3 Å². The van der Waals surface area contributed by atoms with Crippen molar-refractivity contribution in [3.63, 3.8) is 0 Å². The lowest BCUT2D eigenvalue weighted by Gasteiger charge is -2.50. The second-order valence-corrected chi connectivity index (χ2v) is 6.74. The first-order valence-electron chi connectivity index (χ1n) is 9.31. The van der Waals surface area contributed by atoms with E-state index in [1.165, 1.54) is 0 Å². The highest BCUT2D eigenvalue weighted by molar-refractivity contribution is 5.70. The summed E-state index contributed by atoms with van der Waals surface area (Å²) in [5.41, 5.74) is -1.75. The van der Waals surface area contributed by atoms with E-state index >= 15 is 0 Å². The van der Waals surface area contributed by atoms with Crippen LogP contribution in [0.3, 0.4) is 0 Å². The number of ether oxygens (including phenoxy) is 6. The van der Waals surface area contributed by atoms with E-state index in [0.717, 1.165) is 0 Å². The highest BCUT2D eigenvalue weighted by atomic mass is 17.0. The molecule has 8 heteroatoms. The Morgan fingerprint density at radius 1 is 0.885 bits per heavy atom. The largest absolute Gasteiger partial charge is 0.454 e. The van der Waals surface area contributed by atoms with Gasteiger partial charge in [-0.15, -0.1) is 0 Å². The van der Waals surface area contributed by atoms with Crippen LogP contribution in [0.15, 0.2) is 0 Å². The Morgan fingerprint density at radius 3 is 1.88 bits per heavy atom. The van der Waals surface area contributed by atoms with Crippen LogP contribution in [0.5, 0.6) is 0 Å². The third-order valence-electron chi connectivity index (χ3n) is 5.05. The molecule has 2 fully saturated rings. The molecular weight excluding hydrogens is 344 g/mol. The Labute approximate surface area is 154 Å². The Balaban J connectivity index is 2.04. The maximum Gasteiger partial charge on any atom is 0.413 e. The second kappa shape index (κ2) is 8.21. The molecule has 2 rings (SSSR count). The fourth-order valence-corrected chi connectivity index (χ4v) is 2.88. The van der Waals surface area contributed by atoms with Gasteiger partial charge in [0.1, 0.15) is 6.10 Å². The molecular formula is C18H30O8. The van der Waals surface area contributed by atoms with Crippen molar-refractivity contribution in [3.05, 3.63) is 0 Å². The minimum absolute atomic E-state index is 0.0876. The average molecular weight is 374 g/mol. The van der Waals surface area contributed by atoms with Crippen LogP contribution < -0.4 is 0 Å². The Morgan fingerprint density at radius 2 is 1.42 bits per heavy atom. The van der Waals surface area contributed by atoms with Gasteiger partial charge in [-0.1, -0.05) is 27.7 Å². The zero-order valence-electron chi connectivity index (χ0n) is 16.3. The van der Waals surface area contributed by atoms with Gasteiger partial charge in [-0.05, 0) is 19.8 Å². The predicted molar refractivity (Wildman–Crippen MR) is 89.9 cm³/mol. The minimum Gasteiger partial charge on any atom is -0.454 e. The zero-order valence-corrected chi connectivity index (χ0v) is 16.3. The maximum absolute atomic E-state index is 11.8. The summed E-state index contributed by atoms with van der Waals surface area (Å²) < 4.78 is 34.1. The highest BCUT2D eigenvalue weighted by Crippen LogP contribution is 2.39. The Bertz CT molecular complexity index is 506. The molecule has 2 heterocycles. The van der Waals surface area contributed by atoms with Crippen LogP contribution in [0.4, 0.5) is 0 Å². The van der Waals surface area contributed by atoms with Gasteiger partial charge in [0.2, 0.25) is 0 Å². The molecule has 2 atom stereocenters. The molecule has 8 nitrogen and oxygen atoms in total. The molecule has 1 spiro atoms. The van der Waals surface area contributed by atoms with Crippen molar-refractivity contribution in [3.8, 4) is 0 Å². The molecule has 2 aliphatic rings. The summed E-state index contributed by atoms with van der Waals surface area (Å²) in [5, 5.41) is 0. The van der Waals surface area contributed by atoms with Crippen LogP contribution >= 0.6 is 0 Å². The highest BCUT2D eigenvalue weighted by Gasteiger charge is 2.57. The number of hydrogen-bond acceptors (Lipinski definition) is 8. The summed E-state index contributed by atoms with van der Waals surface area (Å²) in [5.74, 6) is -0.630. The van der Waals surface area contributed by atoms with Crippen molar-refractivity contribution in [2.45, 2.75) is 83.8 Å². The molecule has 0 radical (unpaired) electrons. The lowest BCUT2D eigenvalue weighted by molar-refractivity contribution is -0.560. The van der Waals surface area contributed by atoms with Gasteiger partial charge in [-0.2, -0.15) is 0 Å². The summed E-state index contributed by atoms with van der Waals surface area (Å²) in [6, 6.07) is 0. The number of esters is 2. The molecule has 0 saturated carbocycles. The van der Waals surface area contributed by atoms with Gasteiger partial charge in [0.15, 0.2) is 11.2 Å². The lowest BCUT2D eigenvalue weighted by Crippen LogP contribution is -2.65. The van der Waals surface area contributed by atoms with Crippen molar-refractivity contribution in [1.82, 2.24) is 0 Å². The van der Waals surface area contributed by atoms with E-state index in [-0.39, 0.29) is 44.6 Å². The van der Waals surface area contributed by atoms with Crippen molar-refractivity contribution in [1.29, 1.82) is 0 Å². The van der Waals surface area contributed by atoms with Crippen molar-refractivity contribution < 1.29 is 38.0 Å². The van der Waals surface area contributed by atoms with E-state index in [9.17, 15) is 9.59 Å². The van der Waals surface area contributed by atoms with Crippen molar-refractivity contribution >= 4 is 11.9 Å². The molecule has 2 unspecified atom stereocenters. The molecule has 0 aromatic heterocycles. The second-order valence-electron chi connectivity index (χ2n) is 6.74. The summed E-state index contributed by atoms with van der Waals surface area (Å²) in [6.45, 7) is 9.33. The third-order valence-corrected chi connectivity index (χ3v) is 5.05. The number of hydrogen-bond donors (Lipinski definition) is 0.